The molecule has 1 saturated heterocycles. The van der Waals surface area contributed by atoms with Crippen molar-refractivity contribution in [2.45, 2.75) is 38.3 Å². The molecule has 1 aliphatic rings. The number of rotatable bonds is 8. The van der Waals surface area contributed by atoms with E-state index in [0.717, 1.165) is 18.8 Å². The summed E-state index contributed by atoms with van der Waals surface area (Å²) >= 11 is 11.9. The lowest BCUT2D eigenvalue weighted by molar-refractivity contribution is -0.129. The Kier molecular flexibility index (Phi) is 8.27. The van der Waals surface area contributed by atoms with Gasteiger partial charge in [-0.05, 0) is 44.2 Å². The summed E-state index contributed by atoms with van der Waals surface area (Å²) in [6, 6.07) is 11.3. The van der Waals surface area contributed by atoms with Crippen molar-refractivity contribution in [3.63, 3.8) is 0 Å². The molecule has 3 aromatic rings. The fourth-order valence-electron chi connectivity index (χ4n) is 4.12. The monoisotopic (exact) mass is 566 g/mol. The van der Waals surface area contributed by atoms with E-state index in [1.165, 1.54) is 18.2 Å². The fourth-order valence-corrected chi connectivity index (χ4v) is 5.71. The van der Waals surface area contributed by atoms with Crippen LogP contribution in [0, 0.1) is 0 Å². The zero-order chi connectivity index (χ0) is 26.7. The lowest BCUT2D eigenvalue weighted by Crippen LogP contribution is -2.48. The first kappa shape index (κ1) is 27.2. The molecular formula is C24H28Cl2N6O4S. The molecule has 0 radical (unpaired) electrons. The highest BCUT2D eigenvalue weighted by atomic mass is 35.5. The number of sulfonamides is 1. The summed E-state index contributed by atoms with van der Waals surface area (Å²) in [4.78, 5) is 15.6. The second kappa shape index (κ2) is 11.3. The molecule has 1 amide bonds. The van der Waals surface area contributed by atoms with Crippen molar-refractivity contribution < 1.29 is 17.9 Å². The molecule has 0 unspecified atom stereocenters. The largest absolute Gasteiger partial charge is 0.424 e. The molecule has 2 heterocycles. The number of nitrogens with one attached hydrogen (secondary N) is 1. The lowest BCUT2D eigenvalue weighted by atomic mass is 10.2. The van der Waals surface area contributed by atoms with Crippen LogP contribution in [0.5, 0.6) is 11.8 Å². The molecule has 1 aromatic heterocycles. The molecule has 13 heteroatoms. The first-order valence-electron chi connectivity index (χ1n) is 11.8. The number of anilines is 1. The third-order valence-electron chi connectivity index (χ3n) is 6.10. The fraction of sp³-hybridized carbons (Fsp3) is 0.375. The van der Waals surface area contributed by atoms with E-state index in [9.17, 15) is 13.2 Å². The summed E-state index contributed by atoms with van der Waals surface area (Å²) < 4.78 is 36.2. The van der Waals surface area contributed by atoms with Gasteiger partial charge in [0.05, 0.1) is 21.0 Å². The Balaban J connectivity index is 1.49. The second-order valence-electron chi connectivity index (χ2n) is 8.60. The van der Waals surface area contributed by atoms with Crippen molar-refractivity contribution in [1.29, 1.82) is 0 Å². The maximum atomic E-state index is 12.9. The molecule has 10 nitrogen and oxygen atoms in total. The van der Waals surface area contributed by atoms with Crippen LogP contribution >= 0.6 is 23.2 Å². The number of ether oxygens (including phenoxy) is 1. The van der Waals surface area contributed by atoms with E-state index < -0.39 is 16.1 Å². The van der Waals surface area contributed by atoms with Gasteiger partial charge in [-0.3, -0.25) is 9.36 Å². The van der Waals surface area contributed by atoms with Crippen LogP contribution in [0.25, 0.3) is 0 Å². The minimum Gasteiger partial charge on any atom is -0.424 e. The van der Waals surface area contributed by atoms with Gasteiger partial charge in [0.25, 0.3) is 0 Å². The van der Waals surface area contributed by atoms with Crippen molar-refractivity contribution in [2.24, 2.45) is 0 Å². The summed E-state index contributed by atoms with van der Waals surface area (Å²) in [6.45, 7) is 8.42. The van der Waals surface area contributed by atoms with Crippen LogP contribution < -0.4 is 14.4 Å². The highest BCUT2D eigenvalue weighted by Gasteiger charge is 2.25. The normalized spacial score (nSPS) is 15.1. The van der Waals surface area contributed by atoms with Crippen molar-refractivity contribution in [1.82, 2.24) is 24.4 Å². The molecule has 198 valence electrons. The summed E-state index contributed by atoms with van der Waals surface area (Å²) in [5.41, 5.74) is 0.978. The Hall–Kier alpha value is -2.86. The maximum Gasteiger partial charge on any atom is 0.322 e. The topological polar surface area (TPSA) is 110 Å². The Bertz CT molecular complexity index is 1390. The van der Waals surface area contributed by atoms with Crippen LogP contribution in [0.2, 0.25) is 10.0 Å². The third kappa shape index (κ3) is 6.18. The van der Waals surface area contributed by atoms with Gasteiger partial charge >= 0.3 is 6.01 Å². The predicted octanol–water partition coefficient (Wildman–Crippen LogP) is 4.11. The summed E-state index contributed by atoms with van der Waals surface area (Å²) in [5.74, 6) is 1.06. The molecule has 4 rings (SSSR count). The van der Waals surface area contributed by atoms with Crippen molar-refractivity contribution in [3.8, 4) is 11.8 Å². The number of halogens is 2. The molecular weight excluding hydrogens is 539 g/mol. The van der Waals surface area contributed by atoms with E-state index in [2.05, 4.69) is 19.8 Å². The number of piperazine rings is 1. The zero-order valence-electron chi connectivity index (χ0n) is 20.7. The number of amides is 1. The molecule has 2 aromatic carbocycles. The highest BCUT2D eigenvalue weighted by Crippen LogP contribution is 2.29. The zero-order valence-corrected chi connectivity index (χ0v) is 23.0. The van der Waals surface area contributed by atoms with Crippen LogP contribution in [0.4, 0.5) is 5.69 Å². The van der Waals surface area contributed by atoms with Gasteiger partial charge in [0, 0.05) is 51.4 Å². The molecule has 0 bridgehead atoms. The molecule has 0 saturated carbocycles. The Morgan fingerprint density at radius 1 is 1.08 bits per heavy atom. The standard InChI is InChI=1S/C24H28Cl2N6O4S/c1-4-32-23(16(2)29-37(34,35)20-8-9-21(25)22(26)15-20)27-28-24(32)36-19-7-5-6-18(14-19)31-12-10-30(11-13-31)17(3)33/h5-9,14-16,29H,4,10-13H2,1-3H3/t16-/m1/s1. The van der Waals surface area contributed by atoms with Gasteiger partial charge < -0.3 is 14.5 Å². The number of hydrogen-bond acceptors (Lipinski definition) is 7. The Morgan fingerprint density at radius 2 is 1.81 bits per heavy atom. The molecule has 1 fully saturated rings. The third-order valence-corrected chi connectivity index (χ3v) is 8.38. The number of nitrogens with zero attached hydrogens (tertiary/aromatic N) is 5. The van der Waals surface area contributed by atoms with E-state index in [1.807, 2.05) is 36.1 Å². The smallest absolute Gasteiger partial charge is 0.322 e. The average Bonchev–Trinajstić information content (AvgIpc) is 3.28. The Labute approximate surface area is 226 Å². The van der Waals surface area contributed by atoms with Gasteiger partial charge in [-0.1, -0.05) is 34.4 Å². The molecule has 1 atom stereocenters. The number of carbonyl (C=O) groups is 1. The minimum absolute atomic E-state index is 0.00580. The van der Waals surface area contributed by atoms with E-state index in [4.69, 9.17) is 27.9 Å². The van der Waals surface area contributed by atoms with Gasteiger partial charge in [0.15, 0.2) is 5.82 Å². The first-order chi connectivity index (χ1) is 17.6. The number of aromatic nitrogens is 3. The molecule has 0 spiro atoms. The maximum absolute atomic E-state index is 12.9. The quantitative estimate of drug-likeness (QED) is 0.437. The van der Waals surface area contributed by atoms with Crippen LogP contribution in [0.3, 0.4) is 0 Å². The van der Waals surface area contributed by atoms with Gasteiger partial charge in [-0.15, -0.1) is 5.10 Å². The lowest BCUT2D eigenvalue weighted by Gasteiger charge is -2.35. The van der Waals surface area contributed by atoms with Crippen LogP contribution in [0.15, 0.2) is 47.4 Å². The van der Waals surface area contributed by atoms with E-state index >= 15 is 0 Å². The van der Waals surface area contributed by atoms with Gasteiger partial charge in [-0.25, -0.2) is 13.1 Å². The summed E-state index contributed by atoms with van der Waals surface area (Å²) in [7, 11) is -3.89. The average molecular weight is 567 g/mol. The van der Waals surface area contributed by atoms with Crippen molar-refractivity contribution in [3.05, 3.63) is 58.3 Å². The SMILES string of the molecule is CCn1c(Oc2cccc(N3CCN(C(C)=O)CC3)c2)nnc1[C@@H](C)NS(=O)(=O)c1ccc(Cl)c(Cl)c1. The molecule has 0 aliphatic carbocycles. The van der Waals surface area contributed by atoms with Crippen molar-refractivity contribution >= 4 is 44.8 Å². The van der Waals surface area contributed by atoms with Crippen LogP contribution in [-0.2, 0) is 21.4 Å². The molecule has 1 aliphatic heterocycles. The first-order valence-corrected chi connectivity index (χ1v) is 14.0. The van der Waals surface area contributed by atoms with Gasteiger partial charge in [0.2, 0.25) is 15.9 Å². The van der Waals surface area contributed by atoms with E-state index in [0.29, 0.717) is 31.2 Å². The number of benzene rings is 2. The van der Waals surface area contributed by atoms with Crippen LogP contribution in [-0.4, -0.2) is 60.2 Å². The second-order valence-corrected chi connectivity index (χ2v) is 11.1. The van der Waals surface area contributed by atoms with E-state index in [1.54, 1.807) is 18.4 Å². The van der Waals surface area contributed by atoms with Gasteiger partial charge in [-0.2, -0.15) is 0 Å². The minimum atomic E-state index is -3.89. The summed E-state index contributed by atoms with van der Waals surface area (Å²) in [6.07, 6.45) is 0. The van der Waals surface area contributed by atoms with Gasteiger partial charge in [0.1, 0.15) is 5.75 Å². The van der Waals surface area contributed by atoms with Crippen LogP contribution in [0.1, 0.15) is 32.6 Å². The predicted molar refractivity (Wildman–Crippen MR) is 142 cm³/mol. The summed E-state index contributed by atoms with van der Waals surface area (Å²) in [5, 5.41) is 8.77. The van der Waals surface area contributed by atoms with E-state index in [-0.39, 0.29) is 26.9 Å². The molecule has 1 N–H and O–H groups in total. The highest BCUT2D eigenvalue weighted by molar-refractivity contribution is 7.89. The molecule has 37 heavy (non-hydrogen) atoms. The van der Waals surface area contributed by atoms with Crippen molar-refractivity contribution in [2.75, 3.05) is 31.1 Å². The number of carbonyl (C=O) groups excluding carboxylic acids is 1. The Morgan fingerprint density at radius 3 is 2.46 bits per heavy atom. The number of hydrogen-bond donors (Lipinski definition) is 1.